The topological polar surface area (TPSA) is 73.1 Å². The van der Waals surface area contributed by atoms with Gasteiger partial charge in [0.1, 0.15) is 17.1 Å². The highest BCUT2D eigenvalue weighted by atomic mass is 19.1. The van der Waals surface area contributed by atoms with Crippen LogP contribution in [0.1, 0.15) is 43.0 Å². The minimum absolute atomic E-state index is 0.0142. The molecule has 2 rings (SSSR count). The van der Waals surface area contributed by atoms with E-state index in [1.54, 1.807) is 0 Å². The van der Waals surface area contributed by atoms with Crippen LogP contribution >= 0.6 is 0 Å². The van der Waals surface area contributed by atoms with Crippen molar-refractivity contribution >= 4 is 5.91 Å². The highest BCUT2D eigenvalue weighted by Gasteiger charge is 2.36. The summed E-state index contributed by atoms with van der Waals surface area (Å²) in [6.45, 7) is 2.12. The smallest absolute Gasteiger partial charge is 0.256 e. The SMILES string of the molecule is CC1CCC(C#N)(NC(=O)c2ccc(F)cc2O)CC1. The maximum absolute atomic E-state index is 12.9. The van der Waals surface area contributed by atoms with E-state index < -0.39 is 23.0 Å². The summed E-state index contributed by atoms with van der Waals surface area (Å²) in [6, 6.07) is 5.39. The molecule has 1 aliphatic rings. The first kappa shape index (κ1) is 14.3. The first-order valence-corrected chi connectivity index (χ1v) is 6.68. The summed E-state index contributed by atoms with van der Waals surface area (Å²) >= 11 is 0. The average molecular weight is 276 g/mol. The van der Waals surface area contributed by atoms with Crippen LogP contribution in [-0.4, -0.2) is 16.6 Å². The Bertz CT molecular complexity index is 557. The van der Waals surface area contributed by atoms with Gasteiger partial charge < -0.3 is 10.4 Å². The molecule has 1 aliphatic carbocycles. The third-order valence-corrected chi connectivity index (χ3v) is 3.90. The molecule has 0 heterocycles. The van der Waals surface area contributed by atoms with E-state index in [-0.39, 0.29) is 5.56 Å². The minimum Gasteiger partial charge on any atom is -0.507 e. The normalized spacial score (nSPS) is 25.8. The third kappa shape index (κ3) is 2.90. The number of hydrogen-bond acceptors (Lipinski definition) is 3. The standard InChI is InChI=1S/C15H17FN2O2/c1-10-4-6-15(9-17,7-5-10)18-14(20)12-3-2-11(16)8-13(12)19/h2-3,8,10,19H,4-7H2,1H3,(H,18,20). The van der Waals surface area contributed by atoms with Crippen LogP contribution in [0.4, 0.5) is 4.39 Å². The summed E-state index contributed by atoms with van der Waals surface area (Å²) in [7, 11) is 0. The van der Waals surface area contributed by atoms with Crippen molar-refractivity contribution in [2.75, 3.05) is 0 Å². The van der Waals surface area contributed by atoms with Gasteiger partial charge in [0, 0.05) is 6.07 Å². The lowest BCUT2D eigenvalue weighted by atomic mass is 9.78. The van der Waals surface area contributed by atoms with Gasteiger partial charge in [0.15, 0.2) is 0 Å². The molecule has 0 aromatic heterocycles. The van der Waals surface area contributed by atoms with Crippen molar-refractivity contribution in [2.24, 2.45) is 5.92 Å². The van der Waals surface area contributed by atoms with Crippen molar-refractivity contribution in [2.45, 2.75) is 38.1 Å². The van der Waals surface area contributed by atoms with Gasteiger partial charge in [0.2, 0.25) is 0 Å². The molecule has 1 saturated carbocycles. The fourth-order valence-electron chi connectivity index (χ4n) is 2.50. The van der Waals surface area contributed by atoms with E-state index >= 15 is 0 Å². The molecule has 20 heavy (non-hydrogen) atoms. The van der Waals surface area contributed by atoms with Crippen molar-refractivity contribution in [1.29, 1.82) is 5.26 Å². The molecule has 4 nitrogen and oxygen atoms in total. The monoisotopic (exact) mass is 276 g/mol. The Morgan fingerprint density at radius 1 is 1.50 bits per heavy atom. The summed E-state index contributed by atoms with van der Waals surface area (Å²) in [4.78, 5) is 12.1. The molecule has 1 aromatic carbocycles. The lowest BCUT2D eigenvalue weighted by Crippen LogP contribution is -2.49. The van der Waals surface area contributed by atoms with E-state index in [0.29, 0.717) is 18.8 Å². The lowest BCUT2D eigenvalue weighted by Gasteiger charge is -2.34. The molecule has 0 radical (unpaired) electrons. The maximum atomic E-state index is 12.9. The number of carbonyl (C=O) groups is 1. The number of nitrogens with one attached hydrogen (secondary N) is 1. The van der Waals surface area contributed by atoms with Gasteiger partial charge in [-0.05, 0) is 43.7 Å². The molecule has 0 spiro atoms. The number of carbonyl (C=O) groups excluding carboxylic acids is 1. The molecule has 1 amide bonds. The Labute approximate surface area is 117 Å². The van der Waals surface area contributed by atoms with Crippen molar-refractivity contribution in [3.05, 3.63) is 29.6 Å². The van der Waals surface area contributed by atoms with E-state index in [1.165, 1.54) is 6.07 Å². The van der Waals surface area contributed by atoms with Gasteiger partial charge in [-0.25, -0.2) is 4.39 Å². The van der Waals surface area contributed by atoms with Crippen molar-refractivity contribution < 1.29 is 14.3 Å². The number of nitriles is 1. The molecule has 1 aromatic rings. The van der Waals surface area contributed by atoms with E-state index in [0.717, 1.165) is 25.0 Å². The lowest BCUT2D eigenvalue weighted by molar-refractivity contribution is 0.0891. The number of phenolic OH excluding ortho intramolecular Hbond substituents is 1. The van der Waals surface area contributed by atoms with Crippen molar-refractivity contribution in [1.82, 2.24) is 5.32 Å². The highest BCUT2D eigenvalue weighted by molar-refractivity contribution is 5.97. The average Bonchev–Trinajstić information content (AvgIpc) is 2.41. The fraction of sp³-hybridized carbons (Fsp3) is 0.467. The molecule has 0 unspecified atom stereocenters. The Hall–Kier alpha value is -2.09. The molecule has 0 saturated heterocycles. The first-order chi connectivity index (χ1) is 9.46. The third-order valence-electron chi connectivity index (χ3n) is 3.90. The second-order valence-electron chi connectivity index (χ2n) is 5.49. The minimum atomic E-state index is -0.885. The number of nitrogens with zero attached hydrogens (tertiary/aromatic N) is 1. The second-order valence-corrected chi connectivity index (χ2v) is 5.49. The van der Waals surface area contributed by atoms with Gasteiger partial charge in [-0.2, -0.15) is 5.26 Å². The zero-order valence-corrected chi connectivity index (χ0v) is 11.3. The van der Waals surface area contributed by atoms with Crippen LogP contribution in [0.15, 0.2) is 18.2 Å². The Kier molecular flexibility index (Phi) is 3.93. The summed E-state index contributed by atoms with van der Waals surface area (Å²) in [5, 5.41) is 21.7. The van der Waals surface area contributed by atoms with Crippen LogP contribution in [-0.2, 0) is 0 Å². The molecule has 2 N–H and O–H groups in total. The summed E-state index contributed by atoms with van der Waals surface area (Å²) < 4.78 is 12.9. The molecule has 1 fully saturated rings. The largest absolute Gasteiger partial charge is 0.507 e. The van der Waals surface area contributed by atoms with Crippen LogP contribution in [0.3, 0.4) is 0 Å². The van der Waals surface area contributed by atoms with Crippen LogP contribution in [0.5, 0.6) is 5.75 Å². The Morgan fingerprint density at radius 3 is 2.70 bits per heavy atom. The van der Waals surface area contributed by atoms with Gasteiger partial charge >= 0.3 is 0 Å². The van der Waals surface area contributed by atoms with Gasteiger partial charge in [0.05, 0.1) is 11.6 Å². The zero-order chi connectivity index (χ0) is 14.8. The van der Waals surface area contributed by atoms with Gasteiger partial charge in [-0.1, -0.05) is 6.92 Å². The Balaban J connectivity index is 2.16. The van der Waals surface area contributed by atoms with Crippen LogP contribution in [0, 0.1) is 23.1 Å². The van der Waals surface area contributed by atoms with Crippen molar-refractivity contribution in [3.8, 4) is 11.8 Å². The number of benzene rings is 1. The van der Waals surface area contributed by atoms with E-state index in [9.17, 15) is 19.6 Å². The van der Waals surface area contributed by atoms with E-state index in [4.69, 9.17) is 0 Å². The van der Waals surface area contributed by atoms with Gasteiger partial charge in [-0.15, -0.1) is 0 Å². The summed E-state index contributed by atoms with van der Waals surface area (Å²) in [5.74, 6) is -1.02. The maximum Gasteiger partial charge on any atom is 0.256 e. The van der Waals surface area contributed by atoms with Crippen LogP contribution in [0.25, 0.3) is 0 Å². The molecule has 5 heteroatoms. The molecular weight excluding hydrogens is 259 g/mol. The molecular formula is C15H17FN2O2. The fourth-order valence-corrected chi connectivity index (χ4v) is 2.50. The number of hydrogen-bond donors (Lipinski definition) is 2. The van der Waals surface area contributed by atoms with Crippen LogP contribution in [0.2, 0.25) is 0 Å². The molecule has 0 bridgehead atoms. The predicted octanol–water partition coefficient (Wildman–Crippen LogP) is 2.73. The quantitative estimate of drug-likeness (QED) is 0.872. The number of amides is 1. The number of phenols is 1. The molecule has 0 aliphatic heterocycles. The number of halogens is 1. The van der Waals surface area contributed by atoms with Crippen molar-refractivity contribution in [3.63, 3.8) is 0 Å². The van der Waals surface area contributed by atoms with Crippen LogP contribution < -0.4 is 5.32 Å². The van der Waals surface area contributed by atoms with E-state index in [1.807, 2.05) is 0 Å². The number of rotatable bonds is 2. The highest BCUT2D eigenvalue weighted by Crippen LogP contribution is 2.32. The predicted molar refractivity (Wildman–Crippen MR) is 71.5 cm³/mol. The van der Waals surface area contributed by atoms with E-state index in [2.05, 4.69) is 18.3 Å². The van der Waals surface area contributed by atoms with Gasteiger partial charge in [0.25, 0.3) is 5.91 Å². The van der Waals surface area contributed by atoms with Gasteiger partial charge in [-0.3, -0.25) is 4.79 Å². The number of aromatic hydroxyl groups is 1. The second kappa shape index (κ2) is 5.49. The first-order valence-electron chi connectivity index (χ1n) is 6.68. The Morgan fingerprint density at radius 2 is 2.15 bits per heavy atom. The zero-order valence-electron chi connectivity index (χ0n) is 11.3. The summed E-state index contributed by atoms with van der Waals surface area (Å²) in [6.07, 6.45) is 2.95. The summed E-state index contributed by atoms with van der Waals surface area (Å²) in [5.41, 5.74) is -0.899. The molecule has 106 valence electrons. The molecule has 0 atom stereocenters.